The highest BCUT2D eigenvalue weighted by molar-refractivity contribution is 5.83. The normalized spacial score (nSPS) is 14.9. The molecule has 200 valence electrons. The Balaban J connectivity index is 2.07. The van der Waals surface area contributed by atoms with Crippen LogP contribution < -0.4 is 30.7 Å². The molecule has 0 fully saturated rings. The summed E-state index contributed by atoms with van der Waals surface area (Å²) in [5, 5.41) is 16.5. The second kappa shape index (κ2) is 12.4. The van der Waals surface area contributed by atoms with Crippen molar-refractivity contribution in [1.29, 1.82) is 0 Å². The third kappa shape index (κ3) is 5.93. The number of nitrogens with two attached hydrogens (primary N) is 1. The second-order valence-electron chi connectivity index (χ2n) is 8.88. The van der Waals surface area contributed by atoms with Gasteiger partial charge in [0.2, 0.25) is 11.2 Å². The number of nitrogens with one attached hydrogen (secondary N) is 1. The Morgan fingerprint density at radius 2 is 1.92 bits per heavy atom. The molecule has 0 heterocycles. The SMILES string of the molecule is COc1cc2c(c(OC)c1OC)-c1ccc(NCCCC[C@H](N)C(=O)O)c(=O)cc1[C@H](N(C)N=O)CC2. The second-order valence-corrected chi connectivity index (χ2v) is 8.88. The molecule has 0 aliphatic heterocycles. The van der Waals surface area contributed by atoms with Crippen LogP contribution in [0.1, 0.15) is 42.9 Å². The van der Waals surface area contributed by atoms with Crippen LogP contribution in [0.4, 0.5) is 5.69 Å². The highest BCUT2D eigenvalue weighted by Gasteiger charge is 2.31. The van der Waals surface area contributed by atoms with Gasteiger partial charge in [-0.2, -0.15) is 0 Å². The highest BCUT2D eigenvalue weighted by atomic mass is 16.5. The van der Waals surface area contributed by atoms with Crippen LogP contribution in [-0.2, 0) is 11.2 Å². The van der Waals surface area contributed by atoms with Crippen molar-refractivity contribution in [3.63, 3.8) is 0 Å². The van der Waals surface area contributed by atoms with Gasteiger partial charge in [-0.3, -0.25) is 14.6 Å². The molecule has 2 aromatic carbocycles. The smallest absolute Gasteiger partial charge is 0.320 e. The molecule has 0 saturated heterocycles. The van der Waals surface area contributed by atoms with E-state index in [4.69, 9.17) is 25.1 Å². The van der Waals surface area contributed by atoms with Crippen molar-refractivity contribution in [1.82, 2.24) is 5.01 Å². The van der Waals surface area contributed by atoms with Crippen LogP contribution in [-0.4, -0.2) is 57.0 Å². The molecule has 2 atom stereocenters. The number of carbonyl (C=O) groups is 1. The molecular weight excluding hydrogens is 480 g/mol. The van der Waals surface area contributed by atoms with Crippen molar-refractivity contribution >= 4 is 11.7 Å². The van der Waals surface area contributed by atoms with E-state index >= 15 is 0 Å². The minimum absolute atomic E-state index is 0.240. The molecule has 37 heavy (non-hydrogen) atoms. The van der Waals surface area contributed by atoms with Crippen molar-refractivity contribution in [2.24, 2.45) is 11.0 Å². The number of hydrogen-bond donors (Lipinski definition) is 3. The van der Waals surface area contributed by atoms with Gasteiger partial charge in [-0.25, -0.2) is 0 Å². The Bertz CT molecular complexity index is 1200. The first kappa shape index (κ1) is 27.7. The highest BCUT2D eigenvalue weighted by Crippen LogP contribution is 2.50. The molecular formula is C26H34N4O7. The summed E-state index contributed by atoms with van der Waals surface area (Å²) in [5.74, 6) is 0.403. The number of fused-ring (bicyclic) bond motifs is 3. The van der Waals surface area contributed by atoms with Gasteiger partial charge in [0, 0.05) is 19.2 Å². The molecule has 0 amide bonds. The van der Waals surface area contributed by atoms with Crippen molar-refractivity contribution in [2.45, 2.75) is 44.2 Å². The van der Waals surface area contributed by atoms with Gasteiger partial charge >= 0.3 is 5.97 Å². The lowest BCUT2D eigenvalue weighted by atomic mass is 9.95. The lowest BCUT2D eigenvalue weighted by Crippen LogP contribution is -2.29. The Labute approximate surface area is 215 Å². The number of ether oxygens (including phenoxy) is 3. The summed E-state index contributed by atoms with van der Waals surface area (Å²) in [7, 11) is 6.22. The summed E-state index contributed by atoms with van der Waals surface area (Å²) in [4.78, 5) is 35.7. The van der Waals surface area contributed by atoms with Crippen molar-refractivity contribution < 1.29 is 24.1 Å². The summed E-state index contributed by atoms with van der Waals surface area (Å²) in [5.41, 5.74) is 8.77. The number of aryl methyl sites for hydroxylation is 1. The molecule has 0 bridgehead atoms. The van der Waals surface area contributed by atoms with Crippen LogP contribution in [0.3, 0.4) is 0 Å². The van der Waals surface area contributed by atoms with Crippen LogP contribution in [0.5, 0.6) is 17.2 Å². The van der Waals surface area contributed by atoms with Gasteiger partial charge in [-0.15, -0.1) is 4.91 Å². The van der Waals surface area contributed by atoms with Crippen LogP contribution in [0.25, 0.3) is 11.1 Å². The van der Waals surface area contributed by atoms with Gasteiger partial charge in [0.15, 0.2) is 11.5 Å². The Kier molecular flexibility index (Phi) is 9.29. The van der Waals surface area contributed by atoms with Crippen LogP contribution in [0.2, 0.25) is 0 Å². The minimum Gasteiger partial charge on any atom is -0.493 e. The number of unbranched alkanes of at least 4 members (excludes halogenated alkanes) is 1. The van der Waals surface area contributed by atoms with E-state index in [9.17, 15) is 14.5 Å². The first-order chi connectivity index (χ1) is 17.8. The molecule has 11 heteroatoms. The van der Waals surface area contributed by atoms with Gasteiger partial charge in [-0.1, -0.05) is 6.07 Å². The number of benzene rings is 1. The van der Waals surface area contributed by atoms with Gasteiger partial charge in [0.1, 0.15) is 6.04 Å². The molecule has 0 unspecified atom stereocenters. The van der Waals surface area contributed by atoms with Crippen LogP contribution in [0.15, 0.2) is 34.3 Å². The number of nitroso groups, excluding NO2 is 1. The van der Waals surface area contributed by atoms with E-state index in [0.29, 0.717) is 67.1 Å². The quantitative estimate of drug-likeness (QED) is 0.218. The van der Waals surface area contributed by atoms with E-state index < -0.39 is 18.1 Å². The van der Waals surface area contributed by atoms with Gasteiger partial charge in [-0.05, 0) is 67.0 Å². The lowest BCUT2D eigenvalue weighted by Gasteiger charge is -2.22. The average molecular weight is 515 g/mol. The maximum atomic E-state index is 13.2. The van der Waals surface area contributed by atoms with Crippen molar-refractivity contribution in [3.05, 3.63) is 50.5 Å². The maximum Gasteiger partial charge on any atom is 0.320 e. The number of hydrogen-bond acceptors (Lipinski definition) is 9. The monoisotopic (exact) mass is 514 g/mol. The predicted octanol–water partition coefficient (Wildman–Crippen LogP) is 3.33. The molecule has 0 spiro atoms. The van der Waals surface area contributed by atoms with Gasteiger partial charge in [0.25, 0.3) is 0 Å². The molecule has 0 aromatic heterocycles. The topological polar surface area (TPSA) is 153 Å². The van der Waals surface area contributed by atoms with E-state index in [1.807, 2.05) is 12.1 Å². The Morgan fingerprint density at radius 1 is 1.19 bits per heavy atom. The fraction of sp³-hybridized carbons (Fsp3) is 0.462. The Hall–Kier alpha value is -3.86. The first-order valence-corrected chi connectivity index (χ1v) is 12.1. The molecule has 11 nitrogen and oxygen atoms in total. The summed E-state index contributed by atoms with van der Waals surface area (Å²) in [6.07, 6.45) is 2.73. The number of anilines is 1. The van der Waals surface area contributed by atoms with Gasteiger partial charge in [0.05, 0.1) is 38.3 Å². The van der Waals surface area contributed by atoms with E-state index in [1.54, 1.807) is 27.3 Å². The largest absolute Gasteiger partial charge is 0.493 e. The molecule has 0 saturated carbocycles. The minimum atomic E-state index is -1.03. The number of methoxy groups -OCH3 is 3. The van der Waals surface area contributed by atoms with E-state index in [1.165, 1.54) is 18.2 Å². The molecule has 1 aliphatic carbocycles. The summed E-state index contributed by atoms with van der Waals surface area (Å²) in [6, 6.07) is 5.64. The van der Waals surface area contributed by atoms with E-state index in [2.05, 4.69) is 10.6 Å². The zero-order chi connectivity index (χ0) is 27.1. The zero-order valence-corrected chi connectivity index (χ0v) is 21.6. The summed E-state index contributed by atoms with van der Waals surface area (Å²) >= 11 is 0. The summed E-state index contributed by atoms with van der Waals surface area (Å²) in [6.45, 7) is 0.473. The van der Waals surface area contributed by atoms with E-state index in [-0.39, 0.29) is 5.43 Å². The standard InChI is InChI=1S/C26H34N4O7/c1-30(29-34)20-11-8-15-13-22(35-2)24(36-3)25(37-4)23(15)16-9-10-19(21(31)14-17(16)20)28-12-6-5-7-18(27)26(32)33/h9-10,13-14,18,20H,5-8,11-12,27H2,1-4H3,(H,28,31)(H,32,33)/t18-,20+/m0/s1. The third-order valence-electron chi connectivity index (χ3n) is 6.66. The Morgan fingerprint density at radius 3 is 2.54 bits per heavy atom. The number of aliphatic carboxylic acids is 1. The molecule has 2 aromatic rings. The molecule has 4 N–H and O–H groups in total. The molecule has 1 aliphatic rings. The fourth-order valence-corrected chi connectivity index (χ4v) is 4.72. The lowest BCUT2D eigenvalue weighted by molar-refractivity contribution is -0.138. The first-order valence-electron chi connectivity index (χ1n) is 12.1. The average Bonchev–Trinajstić information content (AvgIpc) is 3.14. The number of nitrogens with zero attached hydrogens (tertiary/aromatic N) is 2. The zero-order valence-electron chi connectivity index (χ0n) is 21.6. The fourth-order valence-electron chi connectivity index (χ4n) is 4.72. The number of carboxylic acid groups (broad SMARTS) is 1. The third-order valence-corrected chi connectivity index (χ3v) is 6.66. The predicted molar refractivity (Wildman–Crippen MR) is 140 cm³/mol. The van der Waals surface area contributed by atoms with Crippen molar-refractivity contribution in [3.8, 4) is 28.4 Å². The molecule has 0 radical (unpaired) electrons. The molecule has 3 rings (SSSR count). The van der Waals surface area contributed by atoms with Crippen molar-refractivity contribution in [2.75, 3.05) is 40.2 Å². The van der Waals surface area contributed by atoms with E-state index in [0.717, 1.165) is 16.7 Å². The number of rotatable bonds is 12. The van der Waals surface area contributed by atoms with Crippen LogP contribution in [0, 0.1) is 4.91 Å². The number of carboxylic acids is 1. The summed E-state index contributed by atoms with van der Waals surface area (Å²) < 4.78 is 16.9. The van der Waals surface area contributed by atoms with Gasteiger partial charge < -0.3 is 30.4 Å². The maximum absolute atomic E-state index is 13.2. The van der Waals surface area contributed by atoms with Crippen LogP contribution >= 0.6 is 0 Å².